The monoisotopic (exact) mass is 290 g/mol. The molecular formula is C16H26N4O. The molecule has 0 radical (unpaired) electrons. The van der Waals surface area contributed by atoms with Crippen molar-refractivity contribution in [1.82, 2.24) is 20.4 Å². The summed E-state index contributed by atoms with van der Waals surface area (Å²) in [6.07, 6.45) is 5.41. The first-order valence-electron chi connectivity index (χ1n) is 8.44. The summed E-state index contributed by atoms with van der Waals surface area (Å²) in [6, 6.07) is 0. The van der Waals surface area contributed by atoms with E-state index in [1.54, 1.807) is 0 Å². The molecule has 0 aromatic carbocycles. The van der Waals surface area contributed by atoms with E-state index in [1.165, 1.54) is 25.7 Å². The Balaban J connectivity index is 1.53. The van der Waals surface area contributed by atoms with E-state index < -0.39 is 0 Å². The highest BCUT2D eigenvalue weighted by Gasteiger charge is 2.44. The Morgan fingerprint density at radius 3 is 2.67 bits per heavy atom. The molecule has 3 unspecified atom stereocenters. The van der Waals surface area contributed by atoms with Crippen molar-refractivity contribution >= 4 is 0 Å². The summed E-state index contributed by atoms with van der Waals surface area (Å²) in [5.74, 6) is 4.01. The summed E-state index contributed by atoms with van der Waals surface area (Å²) in [5.41, 5.74) is -0.137. The van der Waals surface area contributed by atoms with E-state index in [0.717, 1.165) is 49.7 Å². The molecule has 5 nitrogen and oxygen atoms in total. The van der Waals surface area contributed by atoms with Crippen LogP contribution in [0.5, 0.6) is 0 Å². The normalized spacial score (nSPS) is 33.7. The highest BCUT2D eigenvalue weighted by molar-refractivity contribution is 5.09. The molecule has 21 heavy (non-hydrogen) atoms. The van der Waals surface area contributed by atoms with E-state index in [2.05, 4.69) is 29.2 Å². The average Bonchev–Trinajstić information content (AvgIpc) is 3.24. The Morgan fingerprint density at radius 2 is 2.00 bits per heavy atom. The van der Waals surface area contributed by atoms with E-state index in [0.29, 0.717) is 5.92 Å². The summed E-state index contributed by atoms with van der Waals surface area (Å²) in [5, 5.41) is 7.74. The molecule has 2 heterocycles. The van der Waals surface area contributed by atoms with Crippen LogP contribution in [0.25, 0.3) is 0 Å². The van der Waals surface area contributed by atoms with Crippen LogP contribution in [-0.4, -0.2) is 41.2 Å². The Kier molecular flexibility index (Phi) is 3.30. The number of fused-ring (bicyclic) bond motifs is 2. The van der Waals surface area contributed by atoms with Gasteiger partial charge in [0.15, 0.2) is 5.82 Å². The SMILES string of the molecule is CC(C)(c1noc(C2CC3CCC2C3)n1)N1CCNCC1. The van der Waals surface area contributed by atoms with Gasteiger partial charge in [0, 0.05) is 32.1 Å². The van der Waals surface area contributed by atoms with Crippen LogP contribution in [0.15, 0.2) is 4.52 Å². The Labute approximate surface area is 126 Å². The zero-order chi connectivity index (χ0) is 14.4. The minimum Gasteiger partial charge on any atom is -0.339 e. The molecule has 2 aliphatic carbocycles. The second-order valence-corrected chi connectivity index (χ2v) is 7.53. The molecule has 3 atom stereocenters. The second kappa shape index (κ2) is 5.06. The number of aromatic nitrogens is 2. The Bertz CT molecular complexity index is 506. The smallest absolute Gasteiger partial charge is 0.230 e. The van der Waals surface area contributed by atoms with Crippen LogP contribution in [0.1, 0.15) is 57.2 Å². The molecule has 116 valence electrons. The van der Waals surface area contributed by atoms with Crippen molar-refractivity contribution in [2.45, 2.75) is 51.0 Å². The fourth-order valence-corrected chi connectivity index (χ4v) is 4.55. The zero-order valence-corrected chi connectivity index (χ0v) is 13.1. The quantitative estimate of drug-likeness (QED) is 0.924. The van der Waals surface area contributed by atoms with E-state index in [4.69, 9.17) is 9.51 Å². The van der Waals surface area contributed by atoms with Gasteiger partial charge in [-0.2, -0.15) is 4.98 Å². The van der Waals surface area contributed by atoms with Crippen LogP contribution < -0.4 is 5.32 Å². The van der Waals surface area contributed by atoms with E-state index in [9.17, 15) is 0 Å². The average molecular weight is 290 g/mol. The van der Waals surface area contributed by atoms with Crippen molar-refractivity contribution < 1.29 is 4.52 Å². The first kappa shape index (κ1) is 13.7. The van der Waals surface area contributed by atoms with Crippen LogP contribution >= 0.6 is 0 Å². The van der Waals surface area contributed by atoms with Crippen LogP contribution in [-0.2, 0) is 5.54 Å². The lowest BCUT2D eigenvalue weighted by Gasteiger charge is -2.38. The molecule has 1 aromatic rings. The van der Waals surface area contributed by atoms with Gasteiger partial charge in [-0.1, -0.05) is 11.6 Å². The predicted molar refractivity (Wildman–Crippen MR) is 80.0 cm³/mol. The number of nitrogens with zero attached hydrogens (tertiary/aromatic N) is 3. The molecule has 5 heteroatoms. The number of rotatable bonds is 3. The molecule has 1 saturated heterocycles. The third kappa shape index (κ3) is 2.30. The largest absolute Gasteiger partial charge is 0.339 e. The first-order chi connectivity index (χ1) is 10.1. The molecule has 0 spiro atoms. The van der Waals surface area contributed by atoms with Gasteiger partial charge < -0.3 is 9.84 Å². The summed E-state index contributed by atoms with van der Waals surface area (Å²) < 4.78 is 5.67. The number of hydrogen-bond donors (Lipinski definition) is 1. The highest BCUT2D eigenvalue weighted by atomic mass is 16.5. The fraction of sp³-hybridized carbons (Fsp3) is 0.875. The molecular weight excluding hydrogens is 264 g/mol. The van der Waals surface area contributed by atoms with Crippen molar-refractivity contribution in [1.29, 1.82) is 0 Å². The lowest BCUT2D eigenvalue weighted by atomic mass is 9.89. The van der Waals surface area contributed by atoms with Gasteiger partial charge in [-0.25, -0.2) is 0 Å². The van der Waals surface area contributed by atoms with Gasteiger partial charge in [-0.15, -0.1) is 0 Å². The minimum atomic E-state index is -0.137. The molecule has 1 aliphatic heterocycles. The maximum Gasteiger partial charge on any atom is 0.230 e. The van der Waals surface area contributed by atoms with Gasteiger partial charge in [0.1, 0.15) is 0 Å². The summed E-state index contributed by atoms with van der Waals surface area (Å²) in [7, 11) is 0. The highest BCUT2D eigenvalue weighted by Crippen LogP contribution is 2.52. The molecule has 3 fully saturated rings. The number of hydrogen-bond acceptors (Lipinski definition) is 5. The maximum atomic E-state index is 5.67. The van der Waals surface area contributed by atoms with Crippen LogP contribution in [0.2, 0.25) is 0 Å². The zero-order valence-electron chi connectivity index (χ0n) is 13.1. The summed E-state index contributed by atoms with van der Waals surface area (Å²) in [6.45, 7) is 8.61. The van der Waals surface area contributed by atoms with Gasteiger partial charge in [-0.3, -0.25) is 4.90 Å². The van der Waals surface area contributed by atoms with E-state index in [-0.39, 0.29) is 5.54 Å². The van der Waals surface area contributed by atoms with Crippen molar-refractivity contribution in [3.8, 4) is 0 Å². The molecule has 2 saturated carbocycles. The minimum absolute atomic E-state index is 0.137. The van der Waals surface area contributed by atoms with Gasteiger partial charge in [0.25, 0.3) is 0 Å². The van der Waals surface area contributed by atoms with Crippen molar-refractivity contribution in [2.75, 3.05) is 26.2 Å². The van der Waals surface area contributed by atoms with Crippen molar-refractivity contribution in [3.63, 3.8) is 0 Å². The molecule has 0 amide bonds. The second-order valence-electron chi connectivity index (χ2n) is 7.53. The van der Waals surface area contributed by atoms with Crippen LogP contribution in [0, 0.1) is 11.8 Å². The van der Waals surface area contributed by atoms with E-state index in [1.807, 2.05) is 0 Å². The molecule has 1 aromatic heterocycles. The van der Waals surface area contributed by atoms with Gasteiger partial charge in [-0.05, 0) is 44.9 Å². The number of piperazine rings is 1. The third-order valence-corrected chi connectivity index (χ3v) is 5.95. The first-order valence-corrected chi connectivity index (χ1v) is 8.44. The van der Waals surface area contributed by atoms with Crippen LogP contribution in [0.3, 0.4) is 0 Å². The van der Waals surface area contributed by atoms with Crippen molar-refractivity contribution in [2.24, 2.45) is 11.8 Å². The summed E-state index contributed by atoms with van der Waals surface area (Å²) >= 11 is 0. The molecule has 1 N–H and O–H groups in total. The molecule has 4 rings (SSSR count). The lowest BCUT2D eigenvalue weighted by Crippen LogP contribution is -2.52. The Hall–Kier alpha value is -0.940. The van der Waals surface area contributed by atoms with Crippen LogP contribution in [0.4, 0.5) is 0 Å². The van der Waals surface area contributed by atoms with Crippen molar-refractivity contribution in [3.05, 3.63) is 11.7 Å². The van der Waals surface area contributed by atoms with Gasteiger partial charge in [0.2, 0.25) is 5.89 Å². The topological polar surface area (TPSA) is 54.2 Å². The molecule has 3 aliphatic rings. The standard InChI is InChI=1S/C16H26N4O/c1-16(2,20-7-5-17-6-8-20)15-18-14(21-19-15)13-10-11-3-4-12(13)9-11/h11-13,17H,3-10H2,1-2H3. The predicted octanol–water partition coefficient (Wildman–Crippen LogP) is 2.11. The van der Waals surface area contributed by atoms with Gasteiger partial charge >= 0.3 is 0 Å². The molecule has 2 bridgehead atoms. The van der Waals surface area contributed by atoms with Gasteiger partial charge in [0.05, 0.1) is 5.54 Å². The third-order valence-electron chi connectivity index (χ3n) is 5.95. The maximum absolute atomic E-state index is 5.67. The number of nitrogens with one attached hydrogen (secondary N) is 1. The van der Waals surface area contributed by atoms with E-state index >= 15 is 0 Å². The summed E-state index contributed by atoms with van der Waals surface area (Å²) in [4.78, 5) is 7.28. The Morgan fingerprint density at radius 1 is 1.19 bits per heavy atom. The fourth-order valence-electron chi connectivity index (χ4n) is 4.55. The lowest BCUT2D eigenvalue weighted by molar-refractivity contribution is 0.0924.